The fourth-order valence-electron chi connectivity index (χ4n) is 3.26. The number of ether oxygens (including phenoxy) is 1. The van der Waals surface area contributed by atoms with Gasteiger partial charge in [0, 0.05) is 4.47 Å². The molecule has 0 N–H and O–H groups in total. The number of thiazole rings is 1. The van der Waals surface area contributed by atoms with Gasteiger partial charge in [-0.15, -0.1) is 0 Å². The van der Waals surface area contributed by atoms with E-state index in [9.17, 15) is 9.59 Å². The third kappa shape index (κ3) is 3.65. The Kier molecular flexibility index (Phi) is 5.38. The van der Waals surface area contributed by atoms with Gasteiger partial charge >= 0.3 is 5.97 Å². The highest BCUT2D eigenvalue weighted by Crippen LogP contribution is 2.30. The zero-order valence-corrected chi connectivity index (χ0v) is 18.1. The molecule has 0 fully saturated rings. The molecular weight excluding hydrogens is 456 g/mol. The second-order valence-electron chi connectivity index (χ2n) is 6.37. The predicted octanol–water partition coefficient (Wildman–Crippen LogP) is 3.15. The Balaban J connectivity index is 1.94. The van der Waals surface area contributed by atoms with Crippen LogP contribution in [0.15, 0.2) is 72.6 Å². The molecule has 1 unspecified atom stereocenters. The van der Waals surface area contributed by atoms with Gasteiger partial charge in [-0.2, -0.15) is 0 Å². The van der Waals surface area contributed by atoms with Crippen molar-refractivity contribution in [3.05, 3.63) is 89.4 Å². The largest absolute Gasteiger partial charge is 0.467 e. The average molecular weight is 473 g/mol. The van der Waals surface area contributed by atoms with Crippen molar-refractivity contribution >= 4 is 39.3 Å². The first-order valence-electron chi connectivity index (χ1n) is 8.98. The van der Waals surface area contributed by atoms with Crippen molar-refractivity contribution in [1.29, 1.82) is 0 Å². The Bertz CT molecular complexity index is 1280. The molecule has 1 aliphatic heterocycles. The summed E-state index contributed by atoms with van der Waals surface area (Å²) in [4.78, 5) is 31.0. The van der Waals surface area contributed by atoms with E-state index in [0.29, 0.717) is 26.4 Å². The van der Waals surface area contributed by atoms with Gasteiger partial charge in [0.2, 0.25) is 0 Å². The second kappa shape index (κ2) is 7.96. The summed E-state index contributed by atoms with van der Waals surface area (Å²) in [6, 6.07) is 10.4. The number of hydrogen-bond acceptors (Lipinski definition) is 6. The van der Waals surface area contributed by atoms with Crippen LogP contribution in [0, 0.1) is 0 Å². The van der Waals surface area contributed by atoms with Gasteiger partial charge in [0.15, 0.2) is 4.80 Å². The molecule has 4 rings (SSSR count). The first-order valence-corrected chi connectivity index (χ1v) is 10.6. The SMILES string of the molecule is CCOC(=O)C1=C(C)N=c2s/c(=C/c3cccc(Br)c3)c(=O)n2C1c1ccco1. The van der Waals surface area contributed by atoms with Crippen LogP contribution >= 0.6 is 27.3 Å². The molecule has 1 aliphatic rings. The average Bonchev–Trinajstić information content (AvgIpc) is 3.30. The number of rotatable bonds is 4. The zero-order valence-electron chi connectivity index (χ0n) is 15.7. The van der Waals surface area contributed by atoms with Crippen molar-refractivity contribution in [3.63, 3.8) is 0 Å². The molecule has 0 bridgehead atoms. The minimum Gasteiger partial charge on any atom is -0.467 e. The standard InChI is InChI=1S/C21H17BrN2O4S/c1-3-27-20(26)17-12(2)23-21-24(18(17)15-8-5-9-28-15)19(25)16(29-21)11-13-6-4-7-14(22)10-13/h4-11,18H,3H2,1-2H3/b16-11+. The molecule has 0 saturated heterocycles. The van der Waals surface area contributed by atoms with Gasteiger partial charge in [-0.05, 0) is 49.8 Å². The van der Waals surface area contributed by atoms with Crippen molar-refractivity contribution in [2.75, 3.05) is 6.61 Å². The van der Waals surface area contributed by atoms with E-state index >= 15 is 0 Å². The lowest BCUT2D eigenvalue weighted by Crippen LogP contribution is -2.39. The monoisotopic (exact) mass is 472 g/mol. The van der Waals surface area contributed by atoms with Crippen LogP contribution in [0.2, 0.25) is 0 Å². The number of esters is 1. The number of furan rings is 1. The molecule has 6 nitrogen and oxygen atoms in total. The van der Waals surface area contributed by atoms with Crippen LogP contribution in [0.1, 0.15) is 31.2 Å². The van der Waals surface area contributed by atoms with E-state index in [4.69, 9.17) is 9.15 Å². The normalized spacial score (nSPS) is 16.5. The lowest BCUT2D eigenvalue weighted by molar-refractivity contribution is -0.139. The van der Waals surface area contributed by atoms with Crippen LogP contribution in [0.25, 0.3) is 6.08 Å². The number of benzene rings is 1. The van der Waals surface area contributed by atoms with Crippen molar-refractivity contribution in [1.82, 2.24) is 4.57 Å². The lowest BCUT2D eigenvalue weighted by Gasteiger charge is -2.22. The van der Waals surface area contributed by atoms with Crippen LogP contribution in [0.5, 0.6) is 0 Å². The highest BCUT2D eigenvalue weighted by atomic mass is 79.9. The van der Waals surface area contributed by atoms with Crippen LogP contribution in [0.3, 0.4) is 0 Å². The third-order valence-electron chi connectivity index (χ3n) is 4.48. The van der Waals surface area contributed by atoms with Crippen molar-refractivity contribution in [3.8, 4) is 0 Å². The van der Waals surface area contributed by atoms with E-state index in [0.717, 1.165) is 10.0 Å². The second-order valence-corrected chi connectivity index (χ2v) is 8.30. The summed E-state index contributed by atoms with van der Waals surface area (Å²) in [5.41, 5.74) is 1.48. The van der Waals surface area contributed by atoms with Gasteiger partial charge in [0.1, 0.15) is 11.8 Å². The van der Waals surface area contributed by atoms with Crippen molar-refractivity contribution < 1.29 is 13.9 Å². The van der Waals surface area contributed by atoms with Crippen LogP contribution < -0.4 is 14.9 Å². The maximum atomic E-state index is 13.3. The van der Waals surface area contributed by atoms with E-state index in [1.807, 2.05) is 30.3 Å². The third-order valence-corrected chi connectivity index (χ3v) is 5.95. The molecule has 148 valence electrons. The Morgan fingerprint density at radius 3 is 2.90 bits per heavy atom. The maximum Gasteiger partial charge on any atom is 0.338 e. The summed E-state index contributed by atoms with van der Waals surface area (Å²) in [7, 11) is 0. The molecule has 0 aliphatic carbocycles. The zero-order chi connectivity index (χ0) is 20.5. The maximum absolute atomic E-state index is 13.3. The first-order chi connectivity index (χ1) is 14.0. The van der Waals surface area contributed by atoms with E-state index in [2.05, 4.69) is 20.9 Å². The summed E-state index contributed by atoms with van der Waals surface area (Å²) in [6.45, 7) is 3.71. The molecule has 1 atom stereocenters. The Morgan fingerprint density at radius 1 is 1.38 bits per heavy atom. The molecule has 0 saturated carbocycles. The van der Waals surface area contributed by atoms with Crippen molar-refractivity contribution in [2.45, 2.75) is 19.9 Å². The van der Waals surface area contributed by atoms with Crippen LogP contribution in [-0.2, 0) is 9.53 Å². The molecular formula is C21H17BrN2O4S. The smallest absolute Gasteiger partial charge is 0.338 e. The van der Waals surface area contributed by atoms with Gasteiger partial charge in [-0.25, -0.2) is 9.79 Å². The van der Waals surface area contributed by atoms with E-state index in [1.54, 1.807) is 26.0 Å². The number of aromatic nitrogens is 1. The number of fused-ring (bicyclic) bond motifs is 1. The summed E-state index contributed by atoms with van der Waals surface area (Å²) >= 11 is 4.72. The highest BCUT2D eigenvalue weighted by Gasteiger charge is 2.34. The molecule has 1 aromatic carbocycles. The molecule has 3 aromatic rings. The Morgan fingerprint density at radius 2 is 2.21 bits per heavy atom. The number of nitrogens with zero attached hydrogens (tertiary/aromatic N) is 2. The molecule has 2 aromatic heterocycles. The fourth-order valence-corrected chi connectivity index (χ4v) is 4.72. The molecule has 3 heterocycles. The summed E-state index contributed by atoms with van der Waals surface area (Å²) in [5, 5.41) is 0. The fraction of sp³-hybridized carbons (Fsp3) is 0.190. The van der Waals surface area contributed by atoms with Crippen LogP contribution in [-0.4, -0.2) is 17.1 Å². The quantitative estimate of drug-likeness (QED) is 0.546. The number of carbonyl (C=O) groups excluding carboxylic acids is 1. The number of hydrogen-bond donors (Lipinski definition) is 0. The van der Waals surface area contributed by atoms with Gasteiger partial charge in [-0.1, -0.05) is 39.4 Å². The molecule has 29 heavy (non-hydrogen) atoms. The topological polar surface area (TPSA) is 73.8 Å². The van der Waals surface area contributed by atoms with Crippen LogP contribution in [0.4, 0.5) is 0 Å². The summed E-state index contributed by atoms with van der Waals surface area (Å²) in [5.74, 6) is -0.0196. The van der Waals surface area contributed by atoms with Gasteiger partial charge < -0.3 is 9.15 Å². The van der Waals surface area contributed by atoms with Crippen molar-refractivity contribution in [2.24, 2.45) is 4.99 Å². The number of carbonyl (C=O) groups is 1. The Hall–Kier alpha value is -2.71. The summed E-state index contributed by atoms with van der Waals surface area (Å²) < 4.78 is 13.8. The Labute approximate surface area is 178 Å². The molecule has 0 amide bonds. The molecule has 0 radical (unpaired) electrons. The predicted molar refractivity (Wildman–Crippen MR) is 113 cm³/mol. The lowest BCUT2D eigenvalue weighted by atomic mass is 10.0. The van der Waals surface area contributed by atoms with Gasteiger partial charge in [0.05, 0.1) is 28.7 Å². The minimum atomic E-state index is -0.718. The van der Waals surface area contributed by atoms with E-state index in [-0.39, 0.29) is 12.2 Å². The van der Waals surface area contributed by atoms with Gasteiger partial charge in [-0.3, -0.25) is 9.36 Å². The number of allylic oxidation sites excluding steroid dienone is 1. The molecule has 0 spiro atoms. The molecule has 8 heteroatoms. The first kappa shape index (κ1) is 19.6. The highest BCUT2D eigenvalue weighted by molar-refractivity contribution is 9.10. The van der Waals surface area contributed by atoms with Gasteiger partial charge in [0.25, 0.3) is 5.56 Å². The van der Waals surface area contributed by atoms with E-state index in [1.165, 1.54) is 22.2 Å². The number of halogens is 1. The van der Waals surface area contributed by atoms with E-state index < -0.39 is 12.0 Å². The minimum absolute atomic E-state index is 0.230. The summed E-state index contributed by atoms with van der Waals surface area (Å²) in [6.07, 6.45) is 3.34.